The zero-order chi connectivity index (χ0) is 11.5. The number of thiophene rings is 1. The summed E-state index contributed by atoms with van der Waals surface area (Å²) >= 11 is 6.91. The van der Waals surface area contributed by atoms with Crippen molar-refractivity contribution in [3.05, 3.63) is 21.9 Å². The predicted octanol–water partition coefficient (Wildman–Crippen LogP) is 1.43. The van der Waals surface area contributed by atoms with Crippen LogP contribution in [0.4, 0.5) is 0 Å². The molecule has 1 fully saturated rings. The van der Waals surface area contributed by atoms with E-state index in [2.05, 4.69) is 0 Å². The van der Waals surface area contributed by atoms with Gasteiger partial charge in [0, 0.05) is 0 Å². The SMILES string of the molecule is OC(CCl)C(O)c1csc(C2OCCO2)c1. The van der Waals surface area contributed by atoms with Gasteiger partial charge in [0.05, 0.1) is 30.1 Å². The monoisotopic (exact) mass is 264 g/mol. The lowest BCUT2D eigenvalue weighted by Gasteiger charge is -2.13. The summed E-state index contributed by atoms with van der Waals surface area (Å²) < 4.78 is 10.7. The quantitative estimate of drug-likeness (QED) is 0.808. The molecule has 0 radical (unpaired) electrons. The summed E-state index contributed by atoms with van der Waals surface area (Å²) in [6.45, 7) is 1.18. The van der Waals surface area contributed by atoms with Crippen molar-refractivity contribution in [3.8, 4) is 0 Å². The molecular weight excluding hydrogens is 252 g/mol. The van der Waals surface area contributed by atoms with E-state index in [1.165, 1.54) is 11.3 Å². The largest absolute Gasteiger partial charge is 0.389 e. The van der Waals surface area contributed by atoms with Crippen LogP contribution >= 0.6 is 22.9 Å². The molecular formula is C10H13ClO4S. The number of hydrogen-bond acceptors (Lipinski definition) is 5. The Labute approximate surface area is 102 Å². The molecule has 6 heteroatoms. The Kier molecular flexibility index (Phi) is 4.18. The second kappa shape index (κ2) is 5.44. The van der Waals surface area contributed by atoms with Crippen molar-refractivity contribution in [3.63, 3.8) is 0 Å². The summed E-state index contributed by atoms with van der Waals surface area (Å²) in [5, 5.41) is 20.9. The Morgan fingerprint density at radius 2 is 2.12 bits per heavy atom. The van der Waals surface area contributed by atoms with Gasteiger partial charge in [0.25, 0.3) is 0 Å². The molecule has 0 aliphatic carbocycles. The fourth-order valence-electron chi connectivity index (χ4n) is 1.48. The summed E-state index contributed by atoms with van der Waals surface area (Å²) in [5.74, 6) is 0.00275. The summed E-state index contributed by atoms with van der Waals surface area (Å²) in [4.78, 5) is 0.897. The van der Waals surface area contributed by atoms with Crippen molar-refractivity contribution in [2.24, 2.45) is 0 Å². The van der Waals surface area contributed by atoms with Crippen LogP contribution in [0.3, 0.4) is 0 Å². The first kappa shape index (κ1) is 12.3. The van der Waals surface area contributed by atoms with E-state index < -0.39 is 12.2 Å². The smallest absolute Gasteiger partial charge is 0.193 e. The molecule has 4 nitrogen and oxygen atoms in total. The van der Waals surface area contributed by atoms with Gasteiger partial charge in [-0.2, -0.15) is 0 Å². The molecule has 2 heterocycles. The van der Waals surface area contributed by atoms with E-state index in [0.717, 1.165) is 4.88 Å². The zero-order valence-corrected chi connectivity index (χ0v) is 10.1. The van der Waals surface area contributed by atoms with Crippen LogP contribution in [0, 0.1) is 0 Å². The van der Waals surface area contributed by atoms with Gasteiger partial charge in [-0.15, -0.1) is 22.9 Å². The van der Waals surface area contributed by atoms with Crippen molar-refractivity contribution < 1.29 is 19.7 Å². The van der Waals surface area contributed by atoms with Crippen LogP contribution < -0.4 is 0 Å². The summed E-state index contributed by atoms with van der Waals surface area (Å²) in [6.07, 6.45) is -2.24. The van der Waals surface area contributed by atoms with Gasteiger partial charge in [-0.3, -0.25) is 0 Å². The minimum Gasteiger partial charge on any atom is -0.389 e. The molecule has 2 N–H and O–H groups in total. The van der Waals surface area contributed by atoms with Crippen LogP contribution in [0.25, 0.3) is 0 Å². The second-order valence-corrected chi connectivity index (χ2v) is 4.77. The third-order valence-electron chi connectivity index (χ3n) is 2.36. The van der Waals surface area contributed by atoms with Crippen LogP contribution in [-0.2, 0) is 9.47 Å². The van der Waals surface area contributed by atoms with Gasteiger partial charge in [0.1, 0.15) is 6.10 Å². The fraction of sp³-hybridized carbons (Fsp3) is 0.600. The molecule has 0 saturated carbocycles. The highest BCUT2D eigenvalue weighted by atomic mass is 35.5. The number of alkyl halides is 1. The lowest BCUT2D eigenvalue weighted by Crippen LogP contribution is -2.19. The molecule has 0 aromatic carbocycles. The Balaban J connectivity index is 2.06. The molecule has 1 aliphatic heterocycles. The van der Waals surface area contributed by atoms with E-state index in [1.54, 1.807) is 11.4 Å². The van der Waals surface area contributed by atoms with Crippen LogP contribution in [-0.4, -0.2) is 35.4 Å². The second-order valence-electron chi connectivity index (χ2n) is 3.52. The van der Waals surface area contributed by atoms with Crippen LogP contribution in [0.15, 0.2) is 11.4 Å². The van der Waals surface area contributed by atoms with Crippen LogP contribution in [0.2, 0.25) is 0 Å². The van der Waals surface area contributed by atoms with Gasteiger partial charge in [-0.1, -0.05) is 0 Å². The lowest BCUT2D eigenvalue weighted by atomic mass is 10.1. The number of aliphatic hydroxyl groups is 2. The number of hydrogen-bond donors (Lipinski definition) is 2. The maximum absolute atomic E-state index is 9.74. The number of halogens is 1. The first-order valence-electron chi connectivity index (χ1n) is 4.96. The maximum Gasteiger partial charge on any atom is 0.193 e. The third-order valence-corrected chi connectivity index (χ3v) is 3.65. The summed E-state index contributed by atoms with van der Waals surface area (Å²) in [5.41, 5.74) is 0.646. The van der Waals surface area contributed by atoms with Gasteiger partial charge in [-0.05, 0) is 17.0 Å². The topological polar surface area (TPSA) is 58.9 Å². The highest BCUT2D eigenvalue weighted by Crippen LogP contribution is 2.32. The number of ether oxygens (including phenoxy) is 2. The van der Waals surface area contributed by atoms with Crippen LogP contribution in [0.1, 0.15) is 22.8 Å². The average molecular weight is 265 g/mol. The lowest BCUT2D eigenvalue weighted by molar-refractivity contribution is -0.0415. The highest BCUT2D eigenvalue weighted by molar-refractivity contribution is 7.10. The van der Waals surface area contributed by atoms with E-state index in [1.807, 2.05) is 0 Å². The van der Waals surface area contributed by atoms with Crippen molar-refractivity contribution in [2.75, 3.05) is 19.1 Å². The van der Waals surface area contributed by atoms with Crippen molar-refractivity contribution in [1.29, 1.82) is 0 Å². The Morgan fingerprint density at radius 1 is 1.44 bits per heavy atom. The zero-order valence-electron chi connectivity index (χ0n) is 8.51. The van der Waals surface area contributed by atoms with Gasteiger partial charge in [0.2, 0.25) is 0 Å². The van der Waals surface area contributed by atoms with E-state index in [-0.39, 0.29) is 12.2 Å². The molecule has 16 heavy (non-hydrogen) atoms. The standard InChI is InChI=1S/C10H13ClO4S/c11-4-7(12)9(13)6-3-8(16-5-6)10-14-1-2-15-10/h3,5,7,9-10,12-13H,1-2,4H2. The third kappa shape index (κ3) is 2.56. The van der Waals surface area contributed by atoms with Crippen molar-refractivity contribution in [1.82, 2.24) is 0 Å². The van der Waals surface area contributed by atoms with Crippen LogP contribution in [0.5, 0.6) is 0 Å². The molecule has 1 saturated heterocycles. The van der Waals surface area contributed by atoms with E-state index in [0.29, 0.717) is 18.8 Å². The molecule has 2 rings (SSSR count). The molecule has 1 aromatic rings. The summed E-state index contributed by atoms with van der Waals surface area (Å²) in [7, 11) is 0. The first-order valence-corrected chi connectivity index (χ1v) is 6.37. The predicted molar refractivity (Wildman–Crippen MR) is 60.7 cm³/mol. The molecule has 0 amide bonds. The molecule has 90 valence electrons. The Morgan fingerprint density at radius 3 is 2.75 bits per heavy atom. The van der Waals surface area contributed by atoms with Gasteiger partial charge in [-0.25, -0.2) is 0 Å². The highest BCUT2D eigenvalue weighted by Gasteiger charge is 2.23. The molecule has 2 atom stereocenters. The number of aliphatic hydroxyl groups excluding tert-OH is 2. The Hall–Kier alpha value is -0.170. The molecule has 0 bridgehead atoms. The summed E-state index contributed by atoms with van der Waals surface area (Å²) in [6, 6.07) is 1.78. The molecule has 1 aromatic heterocycles. The minimum absolute atomic E-state index is 0.00275. The van der Waals surface area contributed by atoms with E-state index >= 15 is 0 Å². The molecule has 2 unspecified atom stereocenters. The van der Waals surface area contributed by atoms with Crippen molar-refractivity contribution >= 4 is 22.9 Å². The minimum atomic E-state index is -0.955. The van der Waals surface area contributed by atoms with E-state index in [9.17, 15) is 10.2 Å². The normalized spacial score (nSPS) is 21.2. The van der Waals surface area contributed by atoms with E-state index in [4.69, 9.17) is 21.1 Å². The molecule has 1 aliphatic rings. The maximum atomic E-state index is 9.74. The van der Waals surface area contributed by atoms with Gasteiger partial charge >= 0.3 is 0 Å². The number of rotatable bonds is 4. The van der Waals surface area contributed by atoms with Crippen molar-refractivity contribution in [2.45, 2.75) is 18.5 Å². The fourth-order valence-corrected chi connectivity index (χ4v) is 2.58. The average Bonchev–Trinajstić information content (AvgIpc) is 2.96. The Bertz CT molecular complexity index is 337. The van der Waals surface area contributed by atoms with Gasteiger partial charge < -0.3 is 19.7 Å². The van der Waals surface area contributed by atoms with Gasteiger partial charge in [0.15, 0.2) is 6.29 Å². The molecule has 0 spiro atoms. The first-order chi connectivity index (χ1) is 7.72.